The molecule has 0 saturated heterocycles. The highest BCUT2D eigenvalue weighted by Crippen LogP contribution is 2.19. The van der Waals surface area contributed by atoms with Gasteiger partial charge in [0.2, 0.25) is 0 Å². The van der Waals surface area contributed by atoms with Crippen molar-refractivity contribution in [1.82, 2.24) is 5.32 Å². The van der Waals surface area contributed by atoms with Crippen molar-refractivity contribution in [3.05, 3.63) is 59.2 Å². The van der Waals surface area contributed by atoms with Gasteiger partial charge in [-0.2, -0.15) is 0 Å². The molecular formula is C17H19NO3S. The molecule has 0 aliphatic rings. The minimum absolute atomic E-state index is 0.00595. The van der Waals surface area contributed by atoms with Gasteiger partial charge in [0.1, 0.15) is 5.75 Å². The van der Waals surface area contributed by atoms with E-state index < -0.39 is 10.8 Å². The van der Waals surface area contributed by atoms with E-state index in [1.807, 2.05) is 25.1 Å². The molecule has 2 aromatic rings. The molecule has 5 heteroatoms. The summed E-state index contributed by atoms with van der Waals surface area (Å²) in [6.45, 7) is 2.34. The third-order valence-electron chi connectivity index (χ3n) is 3.42. The van der Waals surface area contributed by atoms with Crippen molar-refractivity contribution < 1.29 is 14.1 Å². The lowest BCUT2D eigenvalue weighted by Gasteiger charge is -2.08. The largest absolute Gasteiger partial charge is 0.507 e. The Morgan fingerprint density at radius 3 is 2.32 bits per heavy atom. The van der Waals surface area contributed by atoms with Gasteiger partial charge in [0.25, 0.3) is 5.91 Å². The Bertz CT molecular complexity index is 696. The third kappa shape index (κ3) is 3.95. The highest BCUT2D eigenvalue weighted by Gasteiger charge is 2.11. The molecule has 0 aromatic heterocycles. The van der Waals surface area contributed by atoms with Gasteiger partial charge in [0.15, 0.2) is 0 Å². The topological polar surface area (TPSA) is 66.4 Å². The lowest BCUT2D eigenvalue weighted by molar-refractivity contribution is 0.0948. The molecule has 2 aromatic carbocycles. The fourth-order valence-electron chi connectivity index (χ4n) is 2.07. The van der Waals surface area contributed by atoms with Gasteiger partial charge in [-0.15, -0.1) is 0 Å². The van der Waals surface area contributed by atoms with E-state index in [9.17, 15) is 14.1 Å². The second-order valence-corrected chi connectivity index (χ2v) is 6.37. The Morgan fingerprint density at radius 1 is 1.14 bits per heavy atom. The minimum atomic E-state index is -1.01. The molecule has 2 rings (SSSR count). The zero-order valence-corrected chi connectivity index (χ0v) is 13.4. The first-order valence-electron chi connectivity index (χ1n) is 7.03. The number of nitrogens with one attached hydrogen (secondary N) is 1. The van der Waals surface area contributed by atoms with Gasteiger partial charge in [0, 0.05) is 28.5 Å². The maximum atomic E-state index is 12.1. The van der Waals surface area contributed by atoms with Crippen LogP contribution in [-0.2, 0) is 23.8 Å². The van der Waals surface area contributed by atoms with Crippen molar-refractivity contribution in [1.29, 1.82) is 0 Å². The van der Waals surface area contributed by atoms with Gasteiger partial charge in [-0.25, -0.2) is 0 Å². The number of carbonyl (C=O) groups excluding carboxylic acids is 1. The molecule has 2 N–H and O–H groups in total. The van der Waals surface area contributed by atoms with Crippen LogP contribution in [0.2, 0.25) is 0 Å². The van der Waals surface area contributed by atoms with Gasteiger partial charge >= 0.3 is 0 Å². The fourth-order valence-corrected chi connectivity index (χ4v) is 2.59. The van der Waals surface area contributed by atoms with Crippen LogP contribution in [0.15, 0.2) is 47.4 Å². The zero-order chi connectivity index (χ0) is 16.1. The standard InChI is InChI=1S/C17H19NO3S/c1-3-12-6-9-15(16(19)10-12)17(20)18-11-13-4-7-14(8-5-13)22(2)21/h4-10,19H,3,11H2,1-2H3,(H,18,20)/t22-/m0/s1. The summed E-state index contributed by atoms with van der Waals surface area (Å²) in [6.07, 6.45) is 2.43. The van der Waals surface area contributed by atoms with Crippen molar-refractivity contribution in [2.75, 3.05) is 6.26 Å². The summed E-state index contributed by atoms with van der Waals surface area (Å²) in [5, 5.41) is 12.7. The van der Waals surface area contributed by atoms with Crippen LogP contribution in [0, 0.1) is 0 Å². The molecule has 1 amide bonds. The molecular weight excluding hydrogens is 298 g/mol. The van der Waals surface area contributed by atoms with Crippen molar-refractivity contribution in [3.8, 4) is 5.75 Å². The summed E-state index contributed by atoms with van der Waals surface area (Å²) in [6, 6.07) is 12.3. The average Bonchev–Trinajstić information content (AvgIpc) is 2.52. The van der Waals surface area contributed by atoms with Gasteiger partial charge < -0.3 is 10.4 Å². The molecule has 0 spiro atoms. The Kier molecular flexibility index (Phi) is 5.33. The highest BCUT2D eigenvalue weighted by molar-refractivity contribution is 7.84. The fraction of sp³-hybridized carbons (Fsp3) is 0.235. The number of rotatable bonds is 5. The van der Waals surface area contributed by atoms with Crippen LogP contribution in [0.25, 0.3) is 0 Å². The first-order valence-corrected chi connectivity index (χ1v) is 8.59. The van der Waals surface area contributed by atoms with Gasteiger partial charge in [-0.3, -0.25) is 9.00 Å². The molecule has 4 nitrogen and oxygen atoms in total. The number of hydrogen-bond donors (Lipinski definition) is 2. The second-order valence-electron chi connectivity index (χ2n) is 4.99. The molecule has 0 radical (unpaired) electrons. The Morgan fingerprint density at radius 2 is 1.77 bits per heavy atom. The molecule has 0 fully saturated rings. The number of phenolic OH excluding ortho intramolecular Hbond substituents is 1. The maximum absolute atomic E-state index is 12.1. The number of hydrogen-bond acceptors (Lipinski definition) is 3. The van der Waals surface area contributed by atoms with Crippen molar-refractivity contribution >= 4 is 16.7 Å². The summed E-state index contributed by atoms with van der Waals surface area (Å²) in [7, 11) is -1.01. The van der Waals surface area contributed by atoms with Crippen molar-refractivity contribution in [2.24, 2.45) is 0 Å². The summed E-state index contributed by atoms with van der Waals surface area (Å²) in [5.41, 5.74) is 2.16. The van der Waals surface area contributed by atoms with Crippen LogP contribution in [-0.4, -0.2) is 21.5 Å². The van der Waals surface area contributed by atoms with E-state index in [4.69, 9.17) is 0 Å². The molecule has 0 unspecified atom stereocenters. The molecule has 0 bridgehead atoms. The molecule has 1 atom stereocenters. The Labute approximate surface area is 132 Å². The predicted octanol–water partition coefficient (Wildman–Crippen LogP) is 2.62. The number of benzene rings is 2. The first kappa shape index (κ1) is 16.2. The lowest BCUT2D eigenvalue weighted by atomic mass is 10.1. The van der Waals surface area contributed by atoms with E-state index in [1.165, 1.54) is 0 Å². The van der Waals surface area contributed by atoms with Crippen LogP contribution in [0.4, 0.5) is 0 Å². The van der Waals surface area contributed by atoms with E-state index in [0.717, 1.165) is 22.4 Å². The molecule has 0 saturated carbocycles. The summed E-state index contributed by atoms with van der Waals surface area (Å²) in [5.74, 6) is -0.322. The predicted molar refractivity (Wildman–Crippen MR) is 87.4 cm³/mol. The van der Waals surface area contributed by atoms with Crippen LogP contribution < -0.4 is 5.32 Å². The van der Waals surface area contributed by atoms with E-state index >= 15 is 0 Å². The number of phenols is 1. The van der Waals surface area contributed by atoms with Crippen LogP contribution in [0.5, 0.6) is 5.75 Å². The van der Waals surface area contributed by atoms with Crippen molar-refractivity contribution in [3.63, 3.8) is 0 Å². The summed E-state index contributed by atoms with van der Waals surface area (Å²) >= 11 is 0. The Hall–Kier alpha value is -2.14. The maximum Gasteiger partial charge on any atom is 0.255 e. The van der Waals surface area contributed by atoms with Gasteiger partial charge in [-0.05, 0) is 41.8 Å². The third-order valence-corrected chi connectivity index (χ3v) is 4.36. The zero-order valence-electron chi connectivity index (χ0n) is 12.6. The SMILES string of the molecule is CCc1ccc(C(=O)NCc2ccc([S@](C)=O)cc2)c(O)c1. The van der Waals surface area contributed by atoms with E-state index in [2.05, 4.69) is 5.32 Å². The quantitative estimate of drug-likeness (QED) is 0.891. The van der Waals surface area contributed by atoms with Crippen LogP contribution in [0.1, 0.15) is 28.4 Å². The summed E-state index contributed by atoms with van der Waals surface area (Å²) in [4.78, 5) is 12.8. The monoisotopic (exact) mass is 317 g/mol. The molecule has 0 aliphatic heterocycles. The van der Waals surface area contributed by atoms with Gasteiger partial charge in [-0.1, -0.05) is 25.1 Å². The molecule has 116 valence electrons. The van der Waals surface area contributed by atoms with E-state index in [0.29, 0.717) is 6.54 Å². The van der Waals surface area contributed by atoms with Crippen LogP contribution in [0.3, 0.4) is 0 Å². The van der Waals surface area contributed by atoms with E-state index in [1.54, 1.807) is 30.5 Å². The first-order chi connectivity index (χ1) is 10.5. The second kappa shape index (κ2) is 7.22. The Balaban J connectivity index is 2.02. The van der Waals surface area contributed by atoms with E-state index in [-0.39, 0.29) is 17.2 Å². The molecule has 0 aliphatic carbocycles. The van der Waals surface area contributed by atoms with Crippen molar-refractivity contribution in [2.45, 2.75) is 24.8 Å². The smallest absolute Gasteiger partial charge is 0.255 e. The minimum Gasteiger partial charge on any atom is -0.507 e. The highest BCUT2D eigenvalue weighted by atomic mass is 32.2. The average molecular weight is 317 g/mol. The van der Waals surface area contributed by atoms with Crippen LogP contribution >= 0.6 is 0 Å². The number of aryl methyl sites for hydroxylation is 1. The normalized spacial score (nSPS) is 11.9. The van der Waals surface area contributed by atoms with Gasteiger partial charge in [0.05, 0.1) is 5.56 Å². The summed E-state index contributed by atoms with van der Waals surface area (Å²) < 4.78 is 11.3. The molecule has 0 heterocycles. The molecule has 22 heavy (non-hydrogen) atoms. The lowest BCUT2D eigenvalue weighted by Crippen LogP contribution is -2.22. The number of carbonyl (C=O) groups is 1. The number of aromatic hydroxyl groups is 1. The number of amides is 1.